The predicted molar refractivity (Wildman–Crippen MR) is 67.2 cm³/mol. The van der Waals surface area contributed by atoms with Gasteiger partial charge in [-0.1, -0.05) is 25.1 Å². The van der Waals surface area contributed by atoms with E-state index in [0.717, 1.165) is 25.9 Å². The summed E-state index contributed by atoms with van der Waals surface area (Å²) in [7, 11) is 0. The average molecular weight is 206 g/mol. The van der Waals surface area contributed by atoms with Crippen LogP contribution in [-0.2, 0) is 0 Å². The second-order valence-corrected chi connectivity index (χ2v) is 3.76. The second kappa shape index (κ2) is 6.46. The number of anilines is 1. The summed E-state index contributed by atoms with van der Waals surface area (Å²) in [6.45, 7) is 6.24. The van der Waals surface area contributed by atoms with Gasteiger partial charge in [-0.3, -0.25) is 0 Å². The van der Waals surface area contributed by atoms with Crippen LogP contribution in [0.2, 0.25) is 0 Å². The highest BCUT2D eigenvalue weighted by molar-refractivity contribution is 5.46. The fourth-order valence-corrected chi connectivity index (χ4v) is 2.04. The van der Waals surface area contributed by atoms with Gasteiger partial charge in [-0.15, -0.1) is 0 Å². The van der Waals surface area contributed by atoms with Gasteiger partial charge in [0.05, 0.1) is 0 Å². The molecule has 0 fully saturated rings. The molecule has 0 amide bonds. The van der Waals surface area contributed by atoms with Gasteiger partial charge in [0, 0.05) is 18.3 Å². The Kier molecular flexibility index (Phi) is 5.19. The Morgan fingerprint density at radius 1 is 1.20 bits per heavy atom. The fraction of sp³-hybridized carbons (Fsp3) is 0.538. The Morgan fingerprint density at radius 2 is 1.87 bits per heavy atom. The van der Waals surface area contributed by atoms with Crippen molar-refractivity contribution in [1.29, 1.82) is 0 Å². The maximum Gasteiger partial charge on any atom is 0.0368 e. The first kappa shape index (κ1) is 12.1. The molecule has 0 aromatic heterocycles. The van der Waals surface area contributed by atoms with Crippen molar-refractivity contribution < 1.29 is 0 Å². The van der Waals surface area contributed by atoms with E-state index in [0.29, 0.717) is 6.04 Å². The lowest BCUT2D eigenvalue weighted by Gasteiger charge is -2.32. The Morgan fingerprint density at radius 3 is 2.33 bits per heavy atom. The molecule has 2 nitrogen and oxygen atoms in total. The molecule has 1 atom stereocenters. The van der Waals surface area contributed by atoms with E-state index in [9.17, 15) is 0 Å². The van der Waals surface area contributed by atoms with Crippen molar-refractivity contribution in [3.05, 3.63) is 30.3 Å². The van der Waals surface area contributed by atoms with Crippen LogP contribution in [0.5, 0.6) is 0 Å². The van der Waals surface area contributed by atoms with Gasteiger partial charge in [0.2, 0.25) is 0 Å². The minimum atomic E-state index is 0.572. The summed E-state index contributed by atoms with van der Waals surface area (Å²) in [5.74, 6) is 0. The van der Waals surface area contributed by atoms with Crippen LogP contribution in [0.1, 0.15) is 26.7 Å². The molecule has 15 heavy (non-hydrogen) atoms. The van der Waals surface area contributed by atoms with Gasteiger partial charge in [0.1, 0.15) is 0 Å². The highest BCUT2D eigenvalue weighted by Crippen LogP contribution is 2.19. The van der Waals surface area contributed by atoms with Crippen LogP contribution in [0.15, 0.2) is 30.3 Å². The third-order valence-corrected chi connectivity index (χ3v) is 2.84. The number of para-hydroxylation sites is 1. The van der Waals surface area contributed by atoms with Crippen LogP contribution >= 0.6 is 0 Å². The number of nitrogens with two attached hydrogens (primary N) is 1. The van der Waals surface area contributed by atoms with Gasteiger partial charge in [-0.25, -0.2) is 0 Å². The van der Waals surface area contributed by atoms with Crippen molar-refractivity contribution in [2.45, 2.75) is 32.7 Å². The molecule has 1 unspecified atom stereocenters. The molecule has 0 aliphatic heterocycles. The van der Waals surface area contributed by atoms with Crippen molar-refractivity contribution >= 4 is 5.69 Å². The summed E-state index contributed by atoms with van der Waals surface area (Å²) in [6.07, 6.45) is 2.22. The Balaban J connectivity index is 2.77. The van der Waals surface area contributed by atoms with Gasteiger partial charge in [0.15, 0.2) is 0 Å². The van der Waals surface area contributed by atoms with Gasteiger partial charge in [-0.05, 0) is 38.4 Å². The molecular weight excluding hydrogens is 184 g/mol. The lowest BCUT2D eigenvalue weighted by atomic mass is 10.1. The zero-order valence-electron chi connectivity index (χ0n) is 9.82. The molecule has 0 saturated heterocycles. The van der Waals surface area contributed by atoms with Gasteiger partial charge in [-0.2, -0.15) is 0 Å². The maximum absolute atomic E-state index is 5.65. The minimum absolute atomic E-state index is 0.572. The first-order valence-corrected chi connectivity index (χ1v) is 5.85. The number of hydrogen-bond donors (Lipinski definition) is 1. The largest absolute Gasteiger partial charge is 0.369 e. The maximum atomic E-state index is 5.65. The summed E-state index contributed by atoms with van der Waals surface area (Å²) in [6, 6.07) is 11.1. The van der Waals surface area contributed by atoms with E-state index in [1.165, 1.54) is 5.69 Å². The lowest BCUT2D eigenvalue weighted by Crippen LogP contribution is -2.36. The van der Waals surface area contributed by atoms with Crippen LogP contribution in [0.4, 0.5) is 5.69 Å². The lowest BCUT2D eigenvalue weighted by molar-refractivity contribution is 0.549. The topological polar surface area (TPSA) is 29.3 Å². The van der Waals surface area contributed by atoms with E-state index in [-0.39, 0.29) is 0 Å². The van der Waals surface area contributed by atoms with Gasteiger partial charge < -0.3 is 10.6 Å². The van der Waals surface area contributed by atoms with Crippen molar-refractivity contribution in [2.24, 2.45) is 5.73 Å². The summed E-state index contributed by atoms with van der Waals surface area (Å²) in [5.41, 5.74) is 6.95. The highest BCUT2D eigenvalue weighted by Gasteiger charge is 2.14. The molecule has 0 spiro atoms. The Bertz CT molecular complexity index is 258. The first-order chi connectivity index (χ1) is 7.33. The zero-order valence-corrected chi connectivity index (χ0v) is 9.82. The third-order valence-electron chi connectivity index (χ3n) is 2.84. The average Bonchev–Trinajstić information content (AvgIpc) is 2.30. The van der Waals surface area contributed by atoms with Gasteiger partial charge >= 0.3 is 0 Å². The number of nitrogens with zero attached hydrogens (tertiary/aromatic N) is 1. The van der Waals surface area contributed by atoms with Crippen molar-refractivity contribution in [3.63, 3.8) is 0 Å². The van der Waals surface area contributed by atoms with Crippen LogP contribution in [0, 0.1) is 0 Å². The fourth-order valence-electron chi connectivity index (χ4n) is 2.04. The normalized spacial score (nSPS) is 12.5. The molecule has 1 aromatic carbocycles. The monoisotopic (exact) mass is 206 g/mol. The molecule has 1 aromatic rings. The third kappa shape index (κ3) is 3.24. The van der Waals surface area contributed by atoms with Crippen molar-refractivity contribution in [3.8, 4) is 0 Å². The minimum Gasteiger partial charge on any atom is -0.369 e. The Hall–Kier alpha value is -1.02. The smallest absolute Gasteiger partial charge is 0.0368 e. The van der Waals surface area contributed by atoms with E-state index >= 15 is 0 Å². The molecule has 2 heteroatoms. The molecule has 84 valence electrons. The molecule has 0 heterocycles. The SMILES string of the molecule is CCC(CCN)N(CC)c1ccccc1. The van der Waals surface area contributed by atoms with Crippen LogP contribution in [0.25, 0.3) is 0 Å². The predicted octanol–water partition coefficient (Wildman–Crippen LogP) is 2.64. The van der Waals surface area contributed by atoms with E-state index in [1.54, 1.807) is 0 Å². The highest BCUT2D eigenvalue weighted by atomic mass is 15.2. The van der Waals surface area contributed by atoms with Crippen LogP contribution in [0.3, 0.4) is 0 Å². The zero-order chi connectivity index (χ0) is 11.1. The quantitative estimate of drug-likeness (QED) is 0.775. The standard InChI is InChI=1S/C13H22N2/c1-3-12(10-11-14)15(4-2)13-8-6-5-7-9-13/h5-9,12H,3-4,10-11,14H2,1-2H3. The molecule has 0 aliphatic rings. The van der Waals surface area contributed by atoms with Crippen LogP contribution < -0.4 is 10.6 Å². The summed E-state index contributed by atoms with van der Waals surface area (Å²) < 4.78 is 0. The van der Waals surface area contributed by atoms with Gasteiger partial charge in [0.25, 0.3) is 0 Å². The summed E-state index contributed by atoms with van der Waals surface area (Å²) in [4.78, 5) is 2.44. The van der Waals surface area contributed by atoms with E-state index in [2.05, 4.69) is 49.1 Å². The van der Waals surface area contributed by atoms with Crippen molar-refractivity contribution in [2.75, 3.05) is 18.0 Å². The van der Waals surface area contributed by atoms with E-state index < -0.39 is 0 Å². The van der Waals surface area contributed by atoms with E-state index in [4.69, 9.17) is 5.73 Å². The number of rotatable bonds is 6. The van der Waals surface area contributed by atoms with Crippen LogP contribution in [-0.4, -0.2) is 19.1 Å². The molecule has 1 rings (SSSR count). The molecule has 2 N–H and O–H groups in total. The van der Waals surface area contributed by atoms with Crippen molar-refractivity contribution in [1.82, 2.24) is 0 Å². The summed E-state index contributed by atoms with van der Waals surface area (Å²) >= 11 is 0. The molecule has 0 aliphatic carbocycles. The number of benzene rings is 1. The molecule has 0 saturated carbocycles. The molecule has 0 bridgehead atoms. The number of hydrogen-bond acceptors (Lipinski definition) is 2. The van der Waals surface area contributed by atoms with E-state index in [1.807, 2.05) is 0 Å². The summed E-state index contributed by atoms with van der Waals surface area (Å²) in [5, 5.41) is 0. The first-order valence-electron chi connectivity index (χ1n) is 5.85. The second-order valence-electron chi connectivity index (χ2n) is 3.76. The molecular formula is C13H22N2. The molecule has 0 radical (unpaired) electrons. The Labute approximate surface area is 93.1 Å².